The van der Waals surface area contributed by atoms with Crippen LogP contribution in [-0.4, -0.2) is 26.3 Å². The molecular formula is C14H24O5Si. The average Bonchev–Trinajstić information content (AvgIpc) is 2.36. The Labute approximate surface area is 121 Å². The summed E-state index contributed by atoms with van der Waals surface area (Å²) in [6.45, 7) is 4.59. The maximum absolute atomic E-state index is 11.3. The van der Waals surface area contributed by atoms with Crippen LogP contribution in [0.4, 0.5) is 0 Å². The van der Waals surface area contributed by atoms with Crippen LogP contribution >= 0.6 is 0 Å². The fourth-order valence-corrected chi connectivity index (χ4v) is 5.46. The summed E-state index contributed by atoms with van der Waals surface area (Å²) in [6.07, 6.45) is 3.94. The Bertz CT molecular complexity index is 354. The highest BCUT2D eigenvalue weighted by Crippen LogP contribution is 2.30. The second-order valence-electron chi connectivity index (χ2n) is 5.47. The van der Waals surface area contributed by atoms with Crippen LogP contribution in [0.2, 0.25) is 12.1 Å². The third-order valence-electron chi connectivity index (χ3n) is 3.79. The monoisotopic (exact) mass is 300 g/mol. The van der Waals surface area contributed by atoms with Gasteiger partial charge >= 0.3 is 8.56 Å². The van der Waals surface area contributed by atoms with Gasteiger partial charge in [-0.15, -0.1) is 0 Å². The van der Waals surface area contributed by atoms with Gasteiger partial charge in [0.2, 0.25) is 0 Å². The number of rotatable bonds is 6. The molecule has 1 rings (SSSR count). The minimum Gasteiger partial charge on any atom is -0.485 e. The van der Waals surface area contributed by atoms with Gasteiger partial charge in [0.15, 0.2) is 0 Å². The first-order chi connectivity index (χ1) is 9.37. The molecule has 0 saturated heterocycles. The first-order valence-electron chi connectivity index (χ1n) is 7.27. The zero-order chi connectivity index (χ0) is 15.2. The second-order valence-corrected chi connectivity index (χ2v) is 8.91. The predicted molar refractivity (Wildman–Crippen MR) is 76.2 cm³/mol. The summed E-state index contributed by atoms with van der Waals surface area (Å²) in [6, 6.07) is 1.19. The lowest BCUT2D eigenvalue weighted by atomic mass is 9.87. The predicted octanol–water partition coefficient (Wildman–Crippen LogP) is 2.72. The normalized spacial score (nSPS) is 16.9. The van der Waals surface area contributed by atoms with Crippen molar-refractivity contribution in [1.29, 1.82) is 0 Å². The molecule has 0 aromatic heterocycles. The highest BCUT2D eigenvalue weighted by Gasteiger charge is 2.42. The minimum atomic E-state index is -2.78. The van der Waals surface area contributed by atoms with Crippen LogP contribution in [-0.2, 0) is 23.2 Å². The Hall–Kier alpha value is -1.17. The average molecular weight is 300 g/mol. The fourth-order valence-electron chi connectivity index (χ4n) is 2.68. The second kappa shape index (κ2) is 7.57. The van der Waals surface area contributed by atoms with Gasteiger partial charge < -0.3 is 8.85 Å². The van der Waals surface area contributed by atoms with E-state index in [0.29, 0.717) is 36.6 Å². The molecular weight excluding hydrogens is 276 g/mol. The van der Waals surface area contributed by atoms with Crippen molar-refractivity contribution in [2.24, 2.45) is 5.92 Å². The molecule has 1 fully saturated rings. The lowest BCUT2D eigenvalue weighted by molar-refractivity contribution is -0.139. The van der Waals surface area contributed by atoms with E-state index in [2.05, 4.69) is 0 Å². The van der Waals surface area contributed by atoms with Crippen molar-refractivity contribution in [3.8, 4) is 0 Å². The molecule has 0 amide bonds. The summed E-state index contributed by atoms with van der Waals surface area (Å²) in [7, 11) is -2.78. The van der Waals surface area contributed by atoms with E-state index in [9.17, 15) is 14.4 Å². The van der Waals surface area contributed by atoms with Crippen molar-refractivity contribution >= 4 is 26.3 Å². The van der Waals surface area contributed by atoms with Gasteiger partial charge in [-0.25, -0.2) is 0 Å². The first kappa shape index (κ1) is 16.9. The van der Waals surface area contributed by atoms with Crippen molar-refractivity contribution in [3.63, 3.8) is 0 Å². The molecule has 1 aliphatic rings. The molecule has 1 saturated carbocycles. The van der Waals surface area contributed by atoms with Gasteiger partial charge in [0, 0.05) is 38.8 Å². The number of hydrogen-bond donors (Lipinski definition) is 0. The van der Waals surface area contributed by atoms with Gasteiger partial charge in [0.05, 0.1) is 0 Å². The summed E-state index contributed by atoms with van der Waals surface area (Å²) < 4.78 is 10.8. The number of Topliss-reactive ketones (excluding diaryl/α,β-unsaturated/α-hetero) is 1. The van der Waals surface area contributed by atoms with Gasteiger partial charge in [0.25, 0.3) is 11.9 Å². The highest BCUT2D eigenvalue weighted by atomic mass is 28.4. The Balaban J connectivity index is 2.61. The van der Waals surface area contributed by atoms with E-state index in [1.165, 1.54) is 13.8 Å². The van der Waals surface area contributed by atoms with Crippen LogP contribution in [0.25, 0.3) is 0 Å². The van der Waals surface area contributed by atoms with Crippen molar-refractivity contribution in [1.82, 2.24) is 0 Å². The molecule has 0 aromatic carbocycles. The molecule has 0 N–H and O–H groups in total. The smallest absolute Gasteiger partial charge is 0.463 e. The van der Waals surface area contributed by atoms with Crippen molar-refractivity contribution in [2.45, 2.75) is 65.0 Å². The molecule has 20 heavy (non-hydrogen) atoms. The molecule has 0 bridgehead atoms. The zero-order valence-electron chi connectivity index (χ0n) is 12.6. The van der Waals surface area contributed by atoms with Crippen LogP contribution in [0.3, 0.4) is 0 Å². The SMILES string of the molecule is CC[Si](CCC1CCC(=O)CC1)(OC(C)=O)OC(C)=O. The third kappa shape index (κ3) is 5.44. The van der Waals surface area contributed by atoms with Crippen LogP contribution in [0.5, 0.6) is 0 Å². The minimum absolute atomic E-state index is 0.334. The molecule has 5 nitrogen and oxygen atoms in total. The summed E-state index contributed by atoms with van der Waals surface area (Å²) in [5, 5.41) is 0. The molecule has 0 unspecified atom stereocenters. The number of carbonyl (C=O) groups is 3. The Morgan fingerprint density at radius 1 is 1.15 bits per heavy atom. The lowest BCUT2D eigenvalue weighted by Gasteiger charge is -2.30. The van der Waals surface area contributed by atoms with Crippen LogP contribution < -0.4 is 0 Å². The van der Waals surface area contributed by atoms with Crippen LogP contribution in [0.15, 0.2) is 0 Å². The van der Waals surface area contributed by atoms with E-state index in [1.807, 2.05) is 6.92 Å². The molecule has 1 aliphatic carbocycles. The van der Waals surface area contributed by atoms with Gasteiger partial charge in [0.1, 0.15) is 5.78 Å². The molecule has 0 aromatic rings. The van der Waals surface area contributed by atoms with E-state index >= 15 is 0 Å². The molecule has 0 aliphatic heterocycles. The van der Waals surface area contributed by atoms with E-state index in [-0.39, 0.29) is 0 Å². The van der Waals surface area contributed by atoms with E-state index in [0.717, 1.165) is 19.3 Å². The fraction of sp³-hybridized carbons (Fsp3) is 0.786. The highest BCUT2D eigenvalue weighted by molar-refractivity contribution is 6.70. The standard InChI is InChI=1S/C14H24O5Si/c1-4-20(18-11(2)15,19-12(3)16)10-9-13-5-7-14(17)8-6-13/h13H,4-10H2,1-3H3. The summed E-state index contributed by atoms with van der Waals surface area (Å²) in [5.41, 5.74) is 0. The van der Waals surface area contributed by atoms with Gasteiger partial charge in [-0.2, -0.15) is 0 Å². The molecule has 0 heterocycles. The number of ketones is 1. The summed E-state index contributed by atoms with van der Waals surface area (Å²) in [5.74, 6) is 0.0228. The molecule has 0 spiro atoms. The number of carbonyl (C=O) groups excluding carboxylic acids is 3. The van der Waals surface area contributed by atoms with Crippen molar-refractivity contribution < 1.29 is 23.2 Å². The largest absolute Gasteiger partial charge is 0.485 e. The van der Waals surface area contributed by atoms with Crippen molar-refractivity contribution in [2.75, 3.05) is 0 Å². The van der Waals surface area contributed by atoms with Gasteiger partial charge in [-0.05, 0) is 25.2 Å². The van der Waals surface area contributed by atoms with E-state index in [1.54, 1.807) is 0 Å². The number of hydrogen-bond acceptors (Lipinski definition) is 5. The zero-order valence-corrected chi connectivity index (χ0v) is 13.6. The third-order valence-corrected chi connectivity index (χ3v) is 7.24. The van der Waals surface area contributed by atoms with Crippen LogP contribution in [0, 0.1) is 5.92 Å². The van der Waals surface area contributed by atoms with Gasteiger partial charge in [-0.1, -0.05) is 6.92 Å². The maximum atomic E-state index is 11.3. The topological polar surface area (TPSA) is 69.7 Å². The molecule has 114 valence electrons. The Morgan fingerprint density at radius 2 is 1.65 bits per heavy atom. The molecule has 0 radical (unpaired) electrons. The first-order valence-corrected chi connectivity index (χ1v) is 9.51. The summed E-state index contributed by atoms with van der Waals surface area (Å²) in [4.78, 5) is 33.8. The van der Waals surface area contributed by atoms with E-state index in [4.69, 9.17) is 8.85 Å². The quantitative estimate of drug-likeness (QED) is 0.705. The van der Waals surface area contributed by atoms with Crippen LogP contribution in [0.1, 0.15) is 52.9 Å². The molecule has 6 heteroatoms. The lowest BCUT2D eigenvalue weighted by Crippen LogP contribution is -2.44. The van der Waals surface area contributed by atoms with Gasteiger partial charge in [-0.3, -0.25) is 14.4 Å². The maximum Gasteiger partial charge on any atom is 0.463 e. The Morgan fingerprint density at radius 3 is 2.05 bits per heavy atom. The molecule has 0 atom stereocenters. The Kier molecular flexibility index (Phi) is 6.39. The van der Waals surface area contributed by atoms with Crippen molar-refractivity contribution in [3.05, 3.63) is 0 Å². The summed E-state index contributed by atoms with van der Waals surface area (Å²) >= 11 is 0. The van der Waals surface area contributed by atoms with E-state index < -0.39 is 20.5 Å².